The Kier molecular flexibility index (Phi) is 6.93. The fraction of sp³-hybridized carbons (Fsp3) is 0.520. The van der Waals surface area contributed by atoms with Crippen molar-refractivity contribution in [3.05, 3.63) is 40.2 Å². The molecule has 0 radical (unpaired) electrons. The van der Waals surface area contributed by atoms with Gasteiger partial charge in [0.25, 0.3) is 0 Å². The van der Waals surface area contributed by atoms with Crippen molar-refractivity contribution in [3.8, 4) is 17.2 Å². The molecule has 8 heteroatoms. The number of nitrogens with one attached hydrogen (secondary N) is 1. The van der Waals surface area contributed by atoms with Gasteiger partial charge in [0.1, 0.15) is 6.61 Å². The topological polar surface area (TPSA) is 92.3 Å². The van der Waals surface area contributed by atoms with Crippen molar-refractivity contribution < 1.29 is 33.3 Å². The first-order valence-electron chi connectivity index (χ1n) is 11.3. The van der Waals surface area contributed by atoms with Gasteiger partial charge in [0, 0.05) is 35.6 Å². The molecule has 3 aliphatic rings. The molecule has 33 heavy (non-hydrogen) atoms. The molecule has 2 heterocycles. The summed E-state index contributed by atoms with van der Waals surface area (Å²) in [5, 5.41) is 3.31. The van der Waals surface area contributed by atoms with Gasteiger partial charge in [0.05, 0.1) is 38.9 Å². The van der Waals surface area contributed by atoms with E-state index < -0.39 is 11.9 Å². The maximum absolute atomic E-state index is 13.4. The number of allylic oxidation sites excluding steroid dienone is 3. The first-order valence-corrected chi connectivity index (χ1v) is 11.3. The van der Waals surface area contributed by atoms with E-state index in [1.54, 1.807) is 13.2 Å². The molecule has 0 amide bonds. The molecule has 0 saturated carbocycles. The van der Waals surface area contributed by atoms with Crippen LogP contribution in [0.15, 0.2) is 34.7 Å². The lowest BCUT2D eigenvalue weighted by atomic mass is 9.75. The minimum Gasteiger partial charge on any atom is -0.493 e. The molecule has 2 atom stereocenters. The smallest absolute Gasteiger partial charge is 0.336 e. The molecule has 2 aliphatic heterocycles. The Bertz CT molecular complexity index is 1000. The minimum absolute atomic E-state index is 0.0162. The summed E-state index contributed by atoms with van der Waals surface area (Å²) in [7, 11) is 4.61. The maximum atomic E-state index is 13.4. The Hall–Kier alpha value is -3.00. The van der Waals surface area contributed by atoms with Crippen molar-refractivity contribution in [2.24, 2.45) is 0 Å². The number of hydrogen-bond acceptors (Lipinski definition) is 8. The van der Waals surface area contributed by atoms with Gasteiger partial charge < -0.3 is 29.0 Å². The number of benzene rings is 1. The van der Waals surface area contributed by atoms with Crippen molar-refractivity contribution in [1.29, 1.82) is 0 Å². The maximum Gasteiger partial charge on any atom is 0.336 e. The highest BCUT2D eigenvalue weighted by Gasteiger charge is 2.41. The molecule has 1 saturated heterocycles. The molecule has 1 aromatic rings. The summed E-state index contributed by atoms with van der Waals surface area (Å²) in [6.45, 7) is 2.71. The first-order chi connectivity index (χ1) is 16.0. The Morgan fingerprint density at radius 1 is 1.09 bits per heavy atom. The second-order valence-corrected chi connectivity index (χ2v) is 8.42. The number of carbonyl (C=O) groups excluding carboxylic acids is 2. The van der Waals surface area contributed by atoms with Crippen molar-refractivity contribution in [2.75, 3.05) is 34.5 Å². The molecule has 0 bridgehead atoms. The van der Waals surface area contributed by atoms with Crippen LogP contribution in [0.3, 0.4) is 0 Å². The summed E-state index contributed by atoms with van der Waals surface area (Å²) in [6, 6.07) is 3.58. The van der Waals surface area contributed by atoms with Gasteiger partial charge >= 0.3 is 5.97 Å². The molecule has 8 nitrogen and oxygen atoms in total. The van der Waals surface area contributed by atoms with Gasteiger partial charge in [-0.3, -0.25) is 4.79 Å². The SMILES string of the molecule is COc1ccc([C@H]2C(C(=O)OC[C@@H]3CCCO3)=C(C)NC3=C2C(=O)CCC3)c(OC)c1OC. The van der Waals surface area contributed by atoms with Crippen molar-refractivity contribution in [1.82, 2.24) is 5.32 Å². The van der Waals surface area contributed by atoms with E-state index >= 15 is 0 Å². The molecule has 0 unspecified atom stereocenters. The standard InChI is InChI=1S/C25H31NO7/c1-14-20(25(28)33-13-15-7-6-12-32-15)21(22-17(26-14)8-5-9-18(22)27)16-10-11-19(29-2)24(31-4)23(16)30-3/h10-11,15,21,26H,5-9,12-13H2,1-4H3/t15-,21-/m0/s1. The van der Waals surface area contributed by atoms with Crippen LogP contribution in [0, 0.1) is 0 Å². The van der Waals surface area contributed by atoms with Gasteiger partial charge in [-0.2, -0.15) is 0 Å². The van der Waals surface area contributed by atoms with E-state index in [0.717, 1.165) is 31.4 Å². The predicted octanol–water partition coefficient (Wildman–Crippen LogP) is 3.40. The van der Waals surface area contributed by atoms with Crippen LogP contribution in [0.1, 0.15) is 50.5 Å². The minimum atomic E-state index is -0.638. The van der Waals surface area contributed by atoms with E-state index in [2.05, 4.69) is 5.32 Å². The zero-order chi connectivity index (χ0) is 23.5. The number of carbonyl (C=O) groups is 2. The average Bonchev–Trinajstić information content (AvgIpc) is 3.34. The molecule has 178 valence electrons. The van der Waals surface area contributed by atoms with E-state index in [-0.39, 0.29) is 18.5 Å². The first kappa shape index (κ1) is 23.2. The van der Waals surface area contributed by atoms with Crippen molar-refractivity contribution >= 4 is 11.8 Å². The second-order valence-electron chi connectivity index (χ2n) is 8.42. The van der Waals surface area contributed by atoms with E-state index in [4.69, 9.17) is 23.7 Å². The predicted molar refractivity (Wildman–Crippen MR) is 120 cm³/mol. The number of Topliss-reactive ketones (excluding diaryl/α,β-unsaturated/α-hetero) is 1. The van der Waals surface area contributed by atoms with Crippen LogP contribution in [-0.2, 0) is 19.1 Å². The number of ketones is 1. The summed E-state index contributed by atoms with van der Waals surface area (Å²) >= 11 is 0. The largest absolute Gasteiger partial charge is 0.493 e. The van der Waals surface area contributed by atoms with Crippen LogP contribution in [0.4, 0.5) is 0 Å². The summed E-state index contributed by atoms with van der Waals surface area (Å²) in [4.78, 5) is 26.5. The molecular weight excluding hydrogens is 426 g/mol. The van der Waals surface area contributed by atoms with Crippen LogP contribution >= 0.6 is 0 Å². The van der Waals surface area contributed by atoms with Gasteiger partial charge in [-0.15, -0.1) is 0 Å². The molecular formula is C25H31NO7. The highest BCUT2D eigenvalue weighted by Crippen LogP contribution is 2.50. The highest BCUT2D eigenvalue weighted by atomic mass is 16.6. The van der Waals surface area contributed by atoms with Gasteiger partial charge in [-0.05, 0) is 38.7 Å². The van der Waals surface area contributed by atoms with Gasteiger partial charge in [-0.1, -0.05) is 6.07 Å². The lowest BCUT2D eigenvalue weighted by molar-refractivity contribution is -0.142. The zero-order valence-electron chi connectivity index (χ0n) is 19.6. The van der Waals surface area contributed by atoms with Gasteiger partial charge in [-0.25, -0.2) is 4.79 Å². The summed E-state index contributed by atoms with van der Waals surface area (Å²) in [5.41, 5.74) is 3.15. The van der Waals surface area contributed by atoms with Crippen LogP contribution in [-0.4, -0.2) is 52.4 Å². The molecule has 0 spiro atoms. The van der Waals surface area contributed by atoms with Crippen LogP contribution in [0.25, 0.3) is 0 Å². The van der Waals surface area contributed by atoms with E-state index in [1.807, 2.05) is 13.0 Å². The Balaban J connectivity index is 1.81. The number of esters is 1. The second kappa shape index (κ2) is 9.87. The fourth-order valence-corrected chi connectivity index (χ4v) is 4.94. The molecule has 1 N–H and O–H groups in total. The van der Waals surface area contributed by atoms with E-state index in [0.29, 0.717) is 52.7 Å². The normalized spacial score (nSPS) is 22.6. The number of ether oxygens (including phenoxy) is 5. The number of rotatable bonds is 7. The number of hydrogen-bond donors (Lipinski definition) is 1. The third-order valence-corrected chi connectivity index (χ3v) is 6.47. The lowest BCUT2D eigenvalue weighted by Crippen LogP contribution is -2.35. The summed E-state index contributed by atoms with van der Waals surface area (Å²) in [6.07, 6.45) is 3.68. The Labute approximate surface area is 193 Å². The third-order valence-electron chi connectivity index (χ3n) is 6.47. The van der Waals surface area contributed by atoms with E-state index in [9.17, 15) is 9.59 Å². The van der Waals surface area contributed by atoms with Crippen LogP contribution in [0.5, 0.6) is 17.2 Å². The Morgan fingerprint density at radius 3 is 2.55 bits per heavy atom. The molecule has 1 aromatic carbocycles. The molecule has 1 aliphatic carbocycles. The molecule has 4 rings (SSSR count). The van der Waals surface area contributed by atoms with E-state index in [1.165, 1.54) is 14.2 Å². The summed E-state index contributed by atoms with van der Waals surface area (Å²) < 4.78 is 28.0. The number of dihydropyridines is 1. The molecule has 1 fully saturated rings. The van der Waals surface area contributed by atoms with Gasteiger partial charge in [0.2, 0.25) is 5.75 Å². The average molecular weight is 458 g/mol. The number of methoxy groups -OCH3 is 3. The zero-order valence-corrected chi connectivity index (χ0v) is 19.6. The third kappa shape index (κ3) is 4.31. The summed E-state index contributed by atoms with van der Waals surface area (Å²) in [5.74, 6) is 0.238. The van der Waals surface area contributed by atoms with Crippen molar-refractivity contribution in [3.63, 3.8) is 0 Å². The monoisotopic (exact) mass is 457 g/mol. The molecule has 0 aromatic heterocycles. The lowest BCUT2D eigenvalue weighted by Gasteiger charge is -2.35. The fourth-order valence-electron chi connectivity index (χ4n) is 4.94. The Morgan fingerprint density at radius 2 is 1.88 bits per heavy atom. The highest BCUT2D eigenvalue weighted by molar-refractivity contribution is 6.04. The van der Waals surface area contributed by atoms with Crippen molar-refractivity contribution in [2.45, 2.75) is 51.0 Å². The van der Waals surface area contributed by atoms with Crippen LogP contribution in [0.2, 0.25) is 0 Å². The quantitative estimate of drug-likeness (QED) is 0.623. The van der Waals surface area contributed by atoms with Crippen LogP contribution < -0.4 is 19.5 Å². The van der Waals surface area contributed by atoms with Gasteiger partial charge in [0.15, 0.2) is 17.3 Å².